The van der Waals surface area contributed by atoms with Crippen molar-refractivity contribution in [3.8, 4) is 0 Å². The average Bonchev–Trinajstić information content (AvgIpc) is 2.11. The smallest absolute Gasteiger partial charge is 0.407 e. The summed E-state index contributed by atoms with van der Waals surface area (Å²) in [4.78, 5) is 21.5. The van der Waals surface area contributed by atoms with E-state index in [1.165, 1.54) is 0 Å². The lowest BCUT2D eigenvalue weighted by Crippen LogP contribution is -2.52. The highest BCUT2D eigenvalue weighted by molar-refractivity contribution is 5.75. The van der Waals surface area contributed by atoms with Crippen molar-refractivity contribution in [2.45, 2.75) is 45.2 Å². The van der Waals surface area contributed by atoms with Crippen LogP contribution in [0.15, 0.2) is 0 Å². The molecule has 0 aromatic heterocycles. The molecule has 0 saturated heterocycles. The lowest BCUT2D eigenvalue weighted by atomic mass is 10.1. The van der Waals surface area contributed by atoms with Crippen LogP contribution in [0, 0.1) is 0 Å². The van der Waals surface area contributed by atoms with Crippen molar-refractivity contribution < 1.29 is 28.9 Å². The molecule has 94 valence electrons. The number of amides is 1. The summed E-state index contributed by atoms with van der Waals surface area (Å²) in [6.07, 6.45) is -5.12. The quantitative estimate of drug-likeness (QED) is 0.638. The minimum Gasteiger partial charge on any atom is -0.479 e. The number of hydrogen-bond donors (Lipinski definition) is 3. The van der Waals surface area contributed by atoms with E-state index in [1.807, 2.05) is 5.32 Å². The molecule has 0 aromatic carbocycles. The van der Waals surface area contributed by atoms with Crippen LogP contribution in [0.3, 0.4) is 0 Å². The van der Waals surface area contributed by atoms with E-state index in [9.17, 15) is 14.0 Å². The average molecular weight is 237 g/mol. The second-order valence-electron chi connectivity index (χ2n) is 3.58. The van der Waals surface area contributed by atoms with Crippen LogP contribution in [-0.2, 0) is 9.53 Å². The Kier molecular flexibility index (Phi) is 5.73. The van der Waals surface area contributed by atoms with Crippen molar-refractivity contribution in [1.82, 2.24) is 5.32 Å². The van der Waals surface area contributed by atoms with Crippen molar-refractivity contribution in [2.24, 2.45) is 0 Å². The molecule has 0 fully saturated rings. The monoisotopic (exact) mass is 237 g/mol. The number of aliphatic hydroxyl groups excluding tert-OH is 1. The molecule has 0 unspecified atom stereocenters. The number of nitrogens with one attached hydrogen (secondary N) is 1. The number of hydrogen-bond acceptors (Lipinski definition) is 4. The SMILES string of the molecule is CC(C)OC(=O)N[C@@H]([C@H](C)F)[C@@H](O)C(=O)O. The molecule has 0 bridgehead atoms. The normalized spacial score (nSPS) is 16.4. The molecule has 0 aliphatic carbocycles. The zero-order valence-electron chi connectivity index (χ0n) is 9.31. The third kappa shape index (κ3) is 4.92. The van der Waals surface area contributed by atoms with Crippen molar-refractivity contribution in [1.29, 1.82) is 0 Å². The number of rotatable bonds is 5. The molecule has 0 saturated carbocycles. The Balaban J connectivity index is 4.46. The van der Waals surface area contributed by atoms with Gasteiger partial charge in [0.15, 0.2) is 6.10 Å². The summed E-state index contributed by atoms with van der Waals surface area (Å²) in [5, 5.41) is 19.6. The van der Waals surface area contributed by atoms with Crippen LogP contribution >= 0.6 is 0 Å². The molecular formula is C9H16FNO5. The Bertz CT molecular complexity index is 256. The molecule has 0 heterocycles. The van der Waals surface area contributed by atoms with E-state index in [0.717, 1.165) is 6.92 Å². The van der Waals surface area contributed by atoms with E-state index >= 15 is 0 Å². The second-order valence-corrected chi connectivity index (χ2v) is 3.58. The van der Waals surface area contributed by atoms with Gasteiger partial charge in [-0.15, -0.1) is 0 Å². The molecule has 0 aliphatic rings. The predicted octanol–water partition coefficient (Wildman–Crippen LogP) is 0.293. The predicted molar refractivity (Wildman–Crippen MR) is 52.8 cm³/mol. The van der Waals surface area contributed by atoms with E-state index in [4.69, 9.17) is 10.2 Å². The highest BCUT2D eigenvalue weighted by atomic mass is 19.1. The maximum Gasteiger partial charge on any atom is 0.407 e. The highest BCUT2D eigenvalue weighted by Gasteiger charge is 2.32. The van der Waals surface area contributed by atoms with Crippen molar-refractivity contribution in [3.63, 3.8) is 0 Å². The summed E-state index contributed by atoms with van der Waals surface area (Å²) in [6, 6.07) is -1.54. The van der Waals surface area contributed by atoms with Crippen molar-refractivity contribution in [3.05, 3.63) is 0 Å². The van der Waals surface area contributed by atoms with E-state index in [2.05, 4.69) is 4.74 Å². The van der Waals surface area contributed by atoms with Gasteiger partial charge in [0.1, 0.15) is 6.17 Å². The fourth-order valence-corrected chi connectivity index (χ4v) is 0.983. The number of aliphatic carboxylic acids is 1. The van der Waals surface area contributed by atoms with Gasteiger partial charge in [-0.05, 0) is 20.8 Å². The van der Waals surface area contributed by atoms with Gasteiger partial charge in [0.2, 0.25) is 0 Å². The van der Waals surface area contributed by atoms with Gasteiger partial charge in [-0.1, -0.05) is 0 Å². The van der Waals surface area contributed by atoms with Gasteiger partial charge < -0.3 is 20.3 Å². The second kappa shape index (κ2) is 6.26. The number of alkyl carbamates (subject to hydrolysis) is 1. The maximum atomic E-state index is 13.0. The number of halogens is 1. The number of carboxylic acids is 1. The Morgan fingerprint density at radius 3 is 2.12 bits per heavy atom. The Morgan fingerprint density at radius 2 is 1.81 bits per heavy atom. The van der Waals surface area contributed by atoms with Gasteiger partial charge in [-0.3, -0.25) is 0 Å². The van der Waals surface area contributed by atoms with Gasteiger partial charge in [-0.25, -0.2) is 14.0 Å². The lowest BCUT2D eigenvalue weighted by Gasteiger charge is -2.22. The molecule has 6 nitrogen and oxygen atoms in total. The van der Waals surface area contributed by atoms with Crippen LogP contribution in [-0.4, -0.2) is 46.7 Å². The molecule has 0 aromatic rings. The van der Waals surface area contributed by atoms with Crippen molar-refractivity contribution >= 4 is 12.1 Å². The zero-order chi connectivity index (χ0) is 12.9. The summed E-state index contributed by atoms with van der Waals surface area (Å²) in [5.41, 5.74) is 0. The van der Waals surface area contributed by atoms with Crippen LogP contribution in [0.25, 0.3) is 0 Å². The molecule has 0 spiro atoms. The first-order valence-corrected chi connectivity index (χ1v) is 4.77. The van der Waals surface area contributed by atoms with E-state index in [1.54, 1.807) is 13.8 Å². The molecule has 1 amide bonds. The first kappa shape index (κ1) is 14.6. The van der Waals surface area contributed by atoms with Crippen LogP contribution < -0.4 is 5.32 Å². The number of carbonyl (C=O) groups excluding carboxylic acids is 1. The fraction of sp³-hybridized carbons (Fsp3) is 0.778. The first-order valence-electron chi connectivity index (χ1n) is 4.77. The van der Waals surface area contributed by atoms with Gasteiger partial charge in [0.25, 0.3) is 0 Å². The standard InChI is InChI=1S/C9H16FNO5/c1-4(2)16-9(15)11-6(5(3)10)7(12)8(13)14/h4-7,12H,1-3H3,(H,11,15)(H,13,14)/t5-,6-,7+/m0/s1. The summed E-state index contributed by atoms with van der Waals surface area (Å²) >= 11 is 0. The van der Waals surface area contributed by atoms with Gasteiger partial charge in [-0.2, -0.15) is 0 Å². The van der Waals surface area contributed by atoms with Gasteiger partial charge in [0.05, 0.1) is 12.1 Å². The molecule has 0 rings (SSSR count). The molecule has 3 atom stereocenters. The van der Waals surface area contributed by atoms with E-state index < -0.39 is 36.5 Å². The summed E-state index contributed by atoms with van der Waals surface area (Å²) < 4.78 is 17.6. The van der Waals surface area contributed by atoms with E-state index in [0.29, 0.717) is 0 Å². The third-order valence-electron chi connectivity index (χ3n) is 1.72. The van der Waals surface area contributed by atoms with Gasteiger partial charge >= 0.3 is 12.1 Å². The van der Waals surface area contributed by atoms with Crippen LogP contribution in [0.5, 0.6) is 0 Å². The number of alkyl halides is 1. The lowest BCUT2D eigenvalue weighted by molar-refractivity contribution is -0.149. The van der Waals surface area contributed by atoms with Crippen LogP contribution in [0.2, 0.25) is 0 Å². The Morgan fingerprint density at radius 1 is 1.31 bits per heavy atom. The number of carbonyl (C=O) groups is 2. The van der Waals surface area contributed by atoms with Crippen LogP contribution in [0.4, 0.5) is 9.18 Å². The fourth-order valence-electron chi connectivity index (χ4n) is 0.983. The number of aliphatic hydroxyl groups is 1. The minimum absolute atomic E-state index is 0.419. The molecule has 7 heteroatoms. The van der Waals surface area contributed by atoms with Crippen LogP contribution in [0.1, 0.15) is 20.8 Å². The molecule has 16 heavy (non-hydrogen) atoms. The van der Waals surface area contributed by atoms with E-state index in [-0.39, 0.29) is 0 Å². The third-order valence-corrected chi connectivity index (χ3v) is 1.72. The Labute approximate surface area is 92.4 Å². The Hall–Kier alpha value is -1.37. The molecule has 0 aliphatic heterocycles. The highest BCUT2D eigenvalue weighted by Crippen LogP contribution is 2.05. The largest absolute Gasteiger partial charge is 0.479 e. The van der Waals surface area contributed by atoms with Gasteiger partial charge in [0, 0.05) is 0 Å². The zero-order valence-corrected chi connectivity index (χ0v) is 9.31. The maximum absolute atomic E-state index is 13.0. The minimum atomic E-state index is -2.01. The number of carboxylic acid groups (broad SMARTS) is 1. The molecule has 0 radical (unpaired) electrons. The topological polar surface area (TPSA) is 95.9 Å². The summed E-state index contributed by atoms with van der Waals surface area (Å²) in [6.45, 7) is 4.20. The summed E-state index contributed by atoms with van der Waals surface area (Å²) in [7, 11) is 0. The summed E-state index contributed by atoms with van der Waals surface area (Å²) in [5.74, 6) is -1.61. The number of ether oxygens (including phenoxy) is 1. The first-order chi connectivity index (χ1) is 7.25. The molecular weight excluding hydrogens is 221 g/mol. The van der Waals surface area contributed by atoms with Crippen molar-refractivity contribution in [2.75, 3.05) is 0 Å². The molecule has 3 N–H and O–H groups in total.